The van der Waals surface area contributed by atoms with Crippen LogP contribution in [0.4, 0.5) is 19.0 Å². The lowest BCUT2D eigenvalue weighted by Gasteiger charge is -2.21. The second-order valence-electron chi connectivity index (χ2n) is 6.11. The van der Waals surface area contributed by atoms with Crippen molar-refractivity contribution in [1.82, 2.24) is 15.0 Å². The lowest BCUT2D eigenvalue weighted by atomic mass is 10.2. The average molecular weight is 406 g/mol. The molecule has 0 aliphatic carbocycles. The third-order valence-corrected chi connectivity index (χ3v) is 4.11. The normalized spacial score (nSPS) is 11.4. The Labute approximate surface area is 163 Å². The Bertz CT molecular complexity index is 990. The summed E-state index contributed by atoms with van der Waals surface area (Å²) < 4.78 is 40.0. The first-order valence-corrected chi connectivity index (χ1v) is 8.58. The van der Waals surface area contributed by atoms with Gasteiger partial charge in [-0.15, -0.1) is 15.0 Å². The molecule has 0 aliphatic rings. The van der Waals surface area contributed by atoms with Crippen LogP contribution in [-0.4, -0.2) is 44.3 Å². The number of carboxylic acid groups (broad SMARTS) is 1. The summed E-state index contributed by atoms with van der Waals surface area (Å²) in [6, 6.07) is 13.6. The number of aliphatic hydroxyl groups is 1. The number of rotatable bonds is 7. The van der Waals surface area contributed by atoms with Crippen LogP contribution in [0.5, 0.6) is 0 Å². The fourth-order valence-corrected chi connectivity index (χ4v) is 2.83. The van der Waals surface area contributed by atoms with Gasteiger partial charge in [-0.25, -0.2) is 4.79 Å². The van der Waals surface area contributed by atoms with E-state index in [-0.39, 0.29) is 25.5 Å². The van der Waals surface area contributed by atoms with Gasteiger partial charge in [0.1, 0.15) is 0 Å². The van der Waals surface area contributed by atoms with Gasteiger partial charge in [0.15, 0.2) is 5.82 Å². The second-order valence-corrected chi connectivity index (χ2v) is 6.11. The minimum atomic E-state index is -4.66. The van der Waals surface area contributed by atoms with Crippen LogP contribution in [0.2, 0.25) is 0 Å². The maximum Gasteiger partial charge on any atom is 0.418 e. The number of alkyl halides is 3. The van der Waals surface area contributed by atoms with Gasteiger partial charge in [-0.05, 0) is 17.7 Å². The lowest BCUT2D eigenvalue weighted by Crippen LogP contribution is -2.28. The highest BCUT2D eigenvalue weighted by Gasteiger charge is 2.35. The summed E-state index contributed by atoms with van der Waals surface area (Å²) >= 11 is 0. The minimum Gasteiger partial charge on any atom is -0.476 e. The zero-order chi connectivity index (χ0) is 21.0. The molecule has 3 rings (SSSR count). The van der Waals surface area contributed by atoms with Crippen LogP contribution in [0.1, 0.15) is 21.6 Å². The summed E-state index contributed by atoms with van der Waals surface area (Å²) in [6.07, 6.45) is -4.66. The van der Waals surface area contributed by atoms with E-state index < -0.39 is 29.1 Å². The molecule has 2 N–H and O–H groups in total. The second kappa shape index (κ2) is 8.31. The summed E-state index contributed by atoms with van der Waals surface area (Å²) in [7, 11) is 0. The van der Waals surface area contributed by atoms with Crippen molar-refractivity contribution in [2.24, 2.45) is 0 Å². The van der Waals surface area contributed by atoms with E-state index in [1.54, 1.807) is 24.3 Å². The summed E-state index contributed by atoms with van der Waals surface area (Å²) in [5.74, 6) is -1.57. The first-order chi connectivity index (χ1) is 13.8. The van der Waals surface area contributed by atoms with Crippen molar-refractivity contribution in [2.75, 3.05) is 18.1 Å². The van der Waals surface area contributed by atoms with E-state index in [1.807, 2.05) is 6.07 Å². The number of para-hydroxylation sites is 1. The van der Waals surface area contributed by atoms with Crippen LogP contribution in [0.25, 0.3) is 5.69 Å². The van der Waals surface area contributed by atoms with E-state index in [4.69, 9.17) is 0 Å². The van der Waals surface area contributed by atoms with Crippen molar-refractivity contribution >= 4 is 11.8 Å². The highest BCUT2D eigenvalue weighted by atomic mass is 19.4. The SMILES string of the molecule is O=C(O)c1nn(-c2ccccc2C(F)(F)F)nc1N(CCO)Cc1ccccc1. The van der Waals surface area contributed by atoms with Crippen LogP contribution in [0, 0.1) is 0 Å². The Balaban J connectivity index is 2.08. The van der Waals surface area contributed by atoms with Crippen molar-refractivity contribution in [3.05, 3.63) is 71.4 Å². The molecule has 0 unspecified atom stereocenters. The number of aliphatic hydroxyl groups excluding tert-OH is 1. The zero-order valence-corrected chi connectivity index (χ0v) is 15.0. The molecule has 0 fully saturated rings. The third kappa shape index (κ3) is 4.54. The zero-order valence-electron chi connectivity index (χ0n) is 15.0. The van der Waals surface area contributed by atoms with Crippen molar-refractivity contribution in [2.45, 2.75) is 12.7 Å². The Kier molecular flexibility index (Phi) is 5.83. The predicted octanol–water partition coefficient (Wildman–Crippen LogP) is 2.98. The number of carboxylic acids is 1. The van der Waals surface area contributed by atoms with Gasteiger partial charge in [0.05, 0.1) is 17.9 Å². The number of aromatic carboxylic acids is 1. The molecule has 0 bridgehead atoms. The summed E-state index contributed by atoms with van der Waals surface area (Å²) in [6.45, 7) is -0.0893. The minimum absolute atomic E-state index is 0.0226. The first-order valence-electron chi connectivity index (χ1n) is 8.58. The van der Waals surface area contributed by atoms with Crippen LogP contribution < -0.4 is 4.90 Å². The molecular formula is C19H17F3N4O3. The summed E-state index contributed by atoms with van der Waals surface area (Å²) in [5, 5.41) is 26.7. The predicted molar refractivity (Wildman–Crippen MR) is 97.9 cm³/mol. The van der Waals surface area contributed by atoms with Crippen LogP contribution in [0.3, 0.4) is 0 Å². The van der Waals surface area contributed by atoms with E-state index in [9.17, 15) is 28.2 Å². The van der Waals surface area contributed by atoms with E-state index in [0.29, 0.717) is 4.80 Å². The van der Waals surface area contributed by atoms with Gasteiger partial charge in [-0.3, -0.25) is 0 Å². The largest absolute Gasteiger partial charge is 0.476 e. The number of hydrogen-bond donors (Lipinski definition) is 2. The van der Waals surface area contributed by atoms with Gasteiger partial charge in [-0.2, -0.15) is 13.2 Å². The lowest BCUT2D eigenvalue weighted by molar-refractivity contribution is -0.137. The van der Waals surface area contributed by atoms with Crippen LogP contribution in [0.15, 0.2) is 54.6 Å². The highest BCUT2D eigenvalue weighted by Crippen LogP contribution is 2.33. The van der Waals surface area contributed by atoms with Crippen molar-refractivity contribution in [1.29, 1.82) is 0 Å². The summed E-state index contributed by atoms with van der Waals surface area (Å²) in [4.78, 5) is 13.8. The molecule has 0 amide bonds. The Morgan fingerprint density at radius 2 is 1.69 bits per heavy atom. The molecule has 0 saturated carbocycles. The van der Waals surface area contributed by atoms with Crippen LogP contribution >= 0.6 is 0 Å². The molecule has 29 heavy (non-hydrogen) atoms. The molecule has 7 nitrogen and oxygen atoms in total. The average Bonchev–Trinajstić information content (AvgIpc) is 3.13. The number of benzene rings is 2. The highest BCUT2D eigenvalue weighted by molar-refractivity contribution is 5.91. The topological polar surface area (TPSA) is 91.5 Å². The molecule has 0 saturated heterocycles. The first kappa shape index (κ1) is 20.3. The van der Waals surface area contributed by atoms with Gasteiger partial charge < -0.3 is 15.1 Å². The molecule has 3 aromatic rings. The number of hydrogen-bond acceptors (Lipinski definition) is 5. The van der Waals surface area contributed by atoms with E-state index >= 15 is 0 Å². The molecule has 0 spiro atoms. The van der Waals surface area contributed by atoms with Crippen molar-refractivity contribution in [3.8, 4) is 5.69 Å². The quantitative estimate of drug-likeness (QED) is 0.627. The molecule has 0 atom stereocenters. The van der Waals surface area contributed by atoms with Gasteiger partial charge in [0.2, 0.25) is 5.69 Å². The number of halogens is 3. The van der Waals surface area contributed by atoms with Crippen LogP contribution in [-0.2, 0) is 12.7 Å². The Morgan fingerprint density at radius 1 is 1.03 bits per heavy atom. The van der Waals surface area contributed by atoms with E-state index in [0.717, 1.165) is 17.7 Å². The van der Waals surface area contributed by atoms with Crippen molar-refractivity contribution in [3.63, 3.8) is 0 Å². The molecule has 10 heteroatoms. The molecule has 0 radical (unpaired) electrons. The Morgan fingerprint density at radius 3 is 2.31 bits per heavy atom. The third-order valence-electron chi connectivity index (χ3n) is 4.11. The Hall–Kier alpha value is -3.40. The number of nitrogens with zero attached hydrogens (tertiary/aromatic N) is 4. The fraction of sp³-hybridized carbons (Fsp3) is 0.211. The molecule has 152 valence electrons. The van der Waals surface area contributed by atoms with Gasteiger partial charge >= 0.3 is 12.1 Å². The van der Waals surface area contributed by atoms with Crippen molar-refractivity contribution < 1.29 is 28.2 Å². The maximum absolute atomic E-state index is 13.3. The standard InChI is InChI=1S/C19H17F3N4O3/c20-19(21,22)14-8-4-5-9-15(14)26-23-16(18(28)29)17(24-26)25(10-11-27)12-13-6-2-1-3-7-13/h1-9,27H,10-12H2,(H,28,29). The monoisotopic (exact) mass is 406 g/mol. The molecule has 2 aromatic carbocycles. The number of carbonyl (C=O) groups is 1. The molecule has 1 aromatic heterocycles. The van der Waals surface area contributed by atoms with E-state index in [2.05, 4.69) is 10.2 Å². The fourth-order valence-electron chi connectivity index (χ4n) is 2.83. The molecule has 1 heterocycles. The summed E-state index contributed by atoms with van der Waals surface area (Å²) in [5.41, 5.74) is -1.08. The number of aromatic nitrogens is 3. The number of anilines is 1. The molecule has 0 aliphatic heterocycles. The van der Waals surface area contributed by atoms with Gasteiger partial charge in [0, 0.05) is 13.1 Å². The smallest absolute Gasteiger partial charge is 0.418 e. The van der Waals surface area contributed by atoms with E-state index in [1.165, 1.54) is 17.0 Å². The van der Waals surface area contributed by atoms with Gasteiger partial charge in [0.25, 0.3) is 0 Å². The molecular weight excluding hydrogens is 389 g/mol. The maximum atomic E-state index is 13.3. The van der Waals surface area contributed by atoms with Gasteiger partial charge in [-0.1, -0.05) is 42.5 Å².